The molecular weight excluding hydrogens is 282 g/mol. The van der Waals surface area contributed by atoms with Crippen LogP contribution in [0.3, 0.4) is 0 Å². The lowest BCUT2D eigenvalue weighted by molar-refractivity contribution is 0.802. The maximum atomic E-state index is 3.66. The van der Waals surface area contributed by atoms with Gasteiger partial charge in [0.2, 0.25) is 0 Å². The predicted molar refractivity (Wildman–Crippen MR) is 89.9 cm³/mol. The molecule has 20 heavy (non-hydrogen) atoms. The molecule has 1 aromatic carbocycles. The molecule has 3 rings (SSSR count). The second-order valence-corrected chi connectivity index (χ2v) is 6.87. The first kappa shape index (κ1) is 13.4. The predicted octanol–water partition coefficient (Wildman–Crippen LogP) is 5.51. The zero-order chi connectivity index (χ0) is 13.8. The number of hydrogen-bond acceptors (Lipinski definition) is 3. The Morgan fingerprint density at radius 3 is 2.35 bits per heavy atom. The van der Waals surface area contributed by atoms with Crippen LogP contribution in [0.2, 0.25) is 0 Å². The van der Waals surface area contributed by atoms with Crippen molar-refractivity contribution >= 4 is 28.4 Å². The topological polar surface area (TPSA) is 12.0 Å². The Bertz CT molecular complexity index is 624. The van der Waals surface area contributed by atoms with Crippen LogP contribution in [0.5, 0.6) is 0 Å². The summed E-state index contributed by atoms with van der Waals surface area (Å²) in [6.45, 7) is 2.12. The van der Waals surface area contributed by atoms with Crippen LogP contribution in [0.1, 0.15) is 21.4 Å². The maximum Gasteiger partial charge on any atom is 0.0654 e. The van der Waals surface area contributed by atoms with E-state index in [1.54, 1.807) is 0 Å². The highest BCUT2D eigenvalue weighted by Crippen LogP contribution is 2.28. The van der Waals surface area contributed by atoms with Crippen LogP contribution in [0.15, 0.2) is 59.3 Å². The normalized spacial score (nSPS) is 12.2. The minimum Gasteiger partial charge on any atom is -0.377 e. The summed E-state index contributed by atoms with van der Waals surface area (Å²) in [5.74, 6) is 0. The van der Waals surface area contributed by atoms with Gasteiger partial charge in [-0.1, -0.05) is 29.8 Å². The van der Waals surface area contributed by atoms with E-state index in [9.17, 15) is 0 Å². The van der Waals surface area contributed by atoms with Crippen molar-refractivity contribution in [3.8, 4) is 0 Å². The van der Waals surface area contributed by atoms with Crippen molar-refractivity contribution in [3.05, 3.63) is 74.6 Å². The monoisotopic (exact) mass is 299 g/mol. The molecule has 3 heteroatoms. The van der Waals surface area contributed by atoms with Crippen molar-refractivity contribution in [2.24, 2.45) is 0 Å². The zero-order valence-corrected chi connectivity index (χ0v) is 13.0. The Kier molecular flexibility index (Phi) is 4.19. The minimum atomic E-state index is 0.344. The summed E-state index contributed by atoms with van der Waals surface area (Å²) in [5.41, 5.74) is 2.48. The summed E-state index contributed by atoms with van der Waals surface area (Å²) < 4.78 is 0. The Morgan fingerprint density at radius 2 is 1.70 bits per heavy atom. The van der Waals surface area contributed by atoms with Crippen LogP contribution >= 0.6 is 22.7 Å². The highest BCUT2D eigenvalue weighted by Gasteiger charge is 2.14. The second kappa shape index (κ2) is 6.25. The van der Waals surface area contributed by atoms with Gasteiger partial charge in [0.15, 0.2) is 0 Å². The standard InChI is InChI=1S/C17H17NS2/c1-13-6-8-14(9-7-13)18-16(17-5-3-11-20-17)12-15-4-2-10-19-15/h2-11,16,18H,12H2,1H3. The number of benzene rings is 1. The molecule has 2 aromatic heterocycles. The molecule has 1 atom stereocenters. The molecule has 0 aliphatic rings. The summed E-state index contributed by atoms with van der Waals surface area (Å²) >= 11 is 3.64. The molecule has 0 aliphatic carbocycles. The van der Waals surface area contributed by atoms with E-state index in [1.807, 2.05) is 22.7 Å². The average Bonchev–Trinajstić information content (AvgIpc) is 3.12. The van der Waals surface area contributed by atoms with Gasteiger partial charge in [-0.15, -0.1) is 22.7 Å². The van der Waals surface area contributed by atoms with Crippen LogP contribution in [-0.2, 0) is 6.42 Å². The third-order valence-electron chi connectivity index (χ3n) is 3.26. The van der Waals surface area contributed by atoms with Crippen molar-refractivity contribution in [1.82, 2.24) is 0 Å². The molecule has 1 nitrogen and oxygen atoms in total. The van der Waals surface area contributed by atoms with Gasteiger partial charge in [0, 0.05) is 21.9 Å². The van der Waals surface area contributed by atoms with Gasteiger partial charge < -0.3 is 5.32 Å². The van der Waals surface area contributed by atoms with Gasteiger partial charge in [-0.05, 0) is 41.9 Å². The van der Waals surface area contributed by atoms with Gasteiger partial charge >= 0.3 is 0 Å². The molecule has 0 aliphatic heterocycles. The van der Waals surface area contributed by atoms with Crippen molar-refractivity contribution in [1.29, 1.82) is 0 Å². The molecule has 0 radical (unpaired) electrons. The molecule has 1 N–H and O–H groups in total. The molecule has 0 saturated heterocycles. The lowest BCUT2D eigenvalue weighted by Crippen LogP contribution is -2.11. The maximum absolute atomic E-state index is 3.66. The lowest BCUT2D eigenvalue weighted by atomic mass is 10.1. The van der Waals surface area contributed by atoms with Gasteiger partial charge in [-0.2, -0.15) is 0 Å². The van der Waals surface area contributed by atoms with E-state index in [2.05, 4.69) is 71.5 Å². The number of thiophene rings is 2. The number of rotatable bonds is 5. The van der Waals surface area contributed by atoms with E-state index in [0.717, 1.165) is 6.42 Å². The first-order valence-corrected chi connectivity index (χ1v) is 8.46. The van der Waals surface area contributed by atoms with Gasteiger partial charge in [0.25, 0.3) is 0 Å². The molecule has 0 amide bonds. The van der Waals surface area contributed by atoms with Crippen molar-refractivity contribution in [2.45, 2.75) is 19.4 Å². The van der Waals surface area contributed by atoms with Crippen molar-refractivity contribution in [3.63, 3.8) is 0 Å². The highest BCUT2D eigenvalue weighted by molar-refractivity contribution is 7.10. The number of aryl methyl sites for hydroxylation is 1. The largest absolute Gasteiger partial charge is 0.377 e. The molecule has 0 fully saturated rings. The number of hydrogen-bond donors (Lipinski definition) is 1. The van der Waals surface area contributed by atoms with Gasteiger partial charge in [-0.25, -0.2) is 0 Å². The molecule has 1 unspecified atom stereocenters. The summed E-state index contributed by atoms with van der Waals surface area (Å²) in [6, 6.07) is 17.6. The molecular formula is C17H17NS2. The van der Waals surface area contributed by atoms with Crippen molar-refractivity contribution < 1.29 is 0 Å². The Hall–Kier alpha value is -1.58. The smallest absolute Gasteiger partial charge is 0.0654 e. The van der Waals surface area contributed by atoms with Crippen molar-refractivity contribution in [2.75, 3.05) is 5.32 Å². The van der Waals surface area contributed by atoms with Crippen LogP contribution < -0.4 is 5.32 Å². The first-order valence-electron chi connectivity index (χ1n) is 6.70. The van der Waals surface area contributed by atoms with E-state index in [-0.39, 0.29) is 0 Å². The SMILES string of the molecule is Cc1ccc(NC(Cc2cccs2)c2cccs2)cc1. The zero-order valence-electron chi connectivity index (χ0n) is 11.4. The van der Waals surface area contributed by atoms with E-state index in [1.165, 1.54) is 21.0 Å². The van der Waals surface area contributed by atoms with E-state index in [0.29, 0.717) is 6.04 Å². The Balaban J connectivity index is 1.80. The summed E-state index contributed by atoms with van der Waals surface area (Å²) in [7, 11) is 0. The van der Waals surface area contributed by atoms with E-state index >= 15 is 0 Å². The minimum absolute atomic E-state index is 0.344. The summed E-state index contributed by atoms with van der Waals surface area (Å²) in [4.78, 5) is 2.81. The van der Waals surface area contributed by atoms with Gasteiger partial charge in [0.05, 0.1) is 6.04 Å². The Morgan fingerprint density at radius 1 is 0.950 bits per heavy atom. The quantitative estimate of drug-likeness (QED) is 0.654. The number of anilines is 1. The number of nitrogens with one attached hydrogen (secondary N) is 1. The second-order valence-electron chi connectivity index (χ2n) is 4.86. The fraction of sp³-hybridized carbons (Fsp3) is 0.176. The summed E-state index contributed by atoms with van der Waals surface area (Å²) in [6.07, 6.45) is 1.03. The third-order valence-corrected chi connectivity index (χ3v) is 5.15. The fourth-order valence-corrected chi connectivity index (χ4v) is 3.72. The molecule has 2 heterocycles. The van der Waals surface area contributed by atoms with Gasteiger partial charge in [0.1, 0.15) is 0 Å². The highest BCUT2D eigenvalue weighted by atomic mass is 32.1. The molecule has 3 aromatic rings. The van der Waals surface area contributed by atoms with E-state index in [4.69, 9.17) is 0 Å². The Labute approximate surface area is 127 Å². The third kappa shape index (κ3) is 3.30. The average molecular weight is 299 g/mol. The summed E-state index contributed by atoms with van der Waals surface area (Å²) in [5, 5.41) is 7.96. The first-order chi connectivity index (χ1) is 9.81. The molecule has 102 valence electrons. The van der Waals surface area contributed by atoms with E-state index < -0.39 is 0 Å². The van der Waals surface area contributed by atoms with Crippen LogP contribution in [-0.4, -0.2) is 0 Å². The molecule has 0 spiro atoms. The fourth-order valence-electron chi connectivity index (χ4n) is 2.19. The lowest BCUT2D eigenvalue weighted by Gasteiger charge is -2.18. The van der Waals surface area contributed by atoms with Crippen LogP contribution in [0.25, 0.3) is 0 Å². The van der Waals surface area contributed by atoms with Crippen LogP contribution in [0.4, 0.5) is 5.69 Å². The molecule has 0 bridgehead atoms. The van der Waals surface area contributed by atoms with Gasteiger partial charge in [-0.3, -0.25) is 0 Å². The molecule has 0 saturated carbocycles. The van der Waals surface area contributed by atoms with Crippen LogP contribution in [0, 0.1) is 6.92 Å².